The van der Waals surface area contributed by atoms with Gasteiger partial charge in [-0.3, -0.25) is 25.0 Å². The largest absolute Gasteiger partial charge is 0.502 e. The van der Waals surface area contributed by atoms with Crippen molar-refractivity contribution in [3.63, 3.8) is 0 Å². The first-order valence-electron chi connectivity index (χ1n) is 9.64. The zero-order valence-corrected chi connectivity index (χ0v) is 17.1. The van der Waals surface area contributed by atoms with Crippen LogP contribution in [-0.2, 0) is 16.6 Å². The number of hydrogen-bond donors (Lipinski definition) is 2. The fraction of sp³-hybridized carbons (Fsp3) is 0.333. The molecule has 0 spiro atoms. The molecule has 1 aliphatic rings. The Morgan fingerprint density at radius 3 is 2.39 bits per heavy atom. The van der Waals surface area contributed by atoms with Gasteiger partial charge in [0.2, 0.25) is 5.69 Å². The number of rotatable bonds is 8. The van der Waals surface area contributed by atoms with E-state index in [-0.39, 0.29) is 24.9 Å². The van der Waals surface area contributed by atoms with E-state index in [9.17, 15) is 30.1 Å². The van der Waals surface area contributed by atoms with Gasteiger partial charge in [0.1, 0.15) is 6.42 Å². The number of fused-ring (bicyclic) bond motifs is 1. The van der Waals surface area contributed by atoms with Crippen LogP contribution in [0, 0.1) is 20.2 Å². The molecular formula is C21H22N3O7+. The lowest BCUT2D eigenvalue weighted by atomic mass is 9.79. The molecule has 0 amide bonds. The van der Waals surface area contributed by atoms with Crippen LogP contribution in [-0.4, -0.2) is 42.9 Å². The number of benzene rings is 2. The Morgan fingerprint density at radius 2 is 1.77 bits per heavy atom. The summed E-state index contributed by atoms with van der Waals surface area (Å²) in [6.07, 6.45) is 0.360. The van der Waals surface area contributed by atoms with E-state index in [4.69, 9.17) is 5.11 Å². The number of nitrogens with zero attached hydrogens (tertiary/aromatic N) is 3. The Balaban J connectivity index is 2.02. The molecule has 0 unspecified atom stereocenters. The number of nitro groups is 2. The highest BCUT2D eigenvalue weighted by Crippen LogP contribution is 2.42. The first kappa shape index (κ1) is 21.9. The molecule has 0 saturated heterocycles. The van der Waals surface area contributed by atoms with Gasteiger partial charge >= 0.3 is 11.7 Å². The van der Waals surface area contributed by atoms with Crippen molar-refractivity contribution in [1.29, 1.82) is 0 Å². The molecule has 10 heteroatoms. The van der Waals surface area contributed by atoms with Crippen LogP contribution in [0.15, 0.2) is 36.4 Å². The first-order chi connectivity index (χ1) is 14.5. The van der Waals surface area contributed by atoms with Crippen molar-refractivity contribution >= 4 is 28.7 Å². The number of carboxylic acid groups (broad SMARTS) is 1. The molecule has 1 aliphatic heterocycles. The highest BCUT2D eigenvalue weighted by molar-refractivity contribution is 5.95. The number of phenolic OH excluding ortho intramolecular Hbond substituents is 1. The van der Waals surface area contributed by atoms with Gasteiger partial charge in [0.05, 0.1) is 21.3 Å². The highest BCUT2D eigenvalue weighted by atomic mass is 16.6. The van der Waals surface area contributed by atoms with Crippen LogP contribution in [0.1, 0.15) is 37.8 Å². The van der Waals surface area contributed by atoms with E-state index in [0.29, 0.717) is 6.42 Å². The zero-order valence-electron chi connectivity index (χ0n) is 17.1. The van der Waals surface area contributed by atoms with Gasteiger partial charge in [0.25, 0.3) is 5.69 Å². The second-order valence-electron chi connectivity index (χ2n) is 7.87. The predicted molar refractivity (Wildman–Crippen MR) is 111 cm³/mol. The van der Waals surface area contributed by atoms with Crippen LogP contribution in [0.25, 0.3) is 0 Å². The molecule has 0 atom stereocenters. The summed E-state index contributed by atoms with van der Waals surface area (Å²) in [5, 5.41) is 41.9. The number of hydrogen-bond acceptors (Lipinski definition) is 6. The standard InChI is InChI=1S/C21H21N3O7/c1-21(2)15-5-3-4-6-16(15)22(10-9-19(25)26)18(21)8-7-13-11-14(23(28)29)12-17(20(13)27)24(30)31/h3-6,11-12H,7-10H2,1-2H3,(H-,25,26,27)/p+1. The molecule has 1 heterocycles. The minimum Gasteiger partial charge on any atom is -0.502 e. The van der Waals surface area contributed by atoms with Crippen LogP contribution < -0.4 is 0 Å². The van der Waals surface area contributed by atoms with Crippen molar-refractivity contribution < 1.29 is 29.4 Å². The van der Waals surface area contributed by atoms with E-state index in [1.807, 2.05) is 42.7 Å². The van der Waals surface area contributed by atoms with E-state index in [2.05, 4.69) is 0 Å². The summed E-state index contributed by atoms with van der Waals surface area (Å²) in [4.78, 5) is 32.0. The van der Waals surface area contributed by atoms with E-state index in [1.165, 1.54) is 0 Å². The van der Waals surface area contributed by atoms with Gasteiger partial charge in [0.15, 0.2) is 18.0 Å². The highest BCUT2D eigenvalue weighted by Gasteiger charge is 2.45. The summed E-state index contributed by atoms with van der Waals surface area (Å²) in [6, 6.07) is 9.50. The van der Waals surface area contributed by atoms with E-state index in [0.717, 1.165) is 29.1 Å². The number of aromatic hydroxyl groups is 1. The van der Waals surface area contributed by atoms with Crippen LogP contribution in [0.5, 0.6) is 5.75 Å². The van der Waals surface area contributed by atoms with E-state index in [1.54, 1.807) is 0 Å². The van der Waals surface area contributed by atoms with Gasteiger partial charge in [0, 0.05) is 29.7 Å². The topological polar surface area (TPSA) is 147 Å². The molecule has 0 fully saturated rings. The van der Waals surface area contributed by atoms with Crippen molar-refractivity contribution in [3.05, 3.63) is 67.8 Å². The smallest absolute Gasteiger partial charge is 0.317 e. The number of nitro benzene ring substituents is 2. The van der Waals surface area contributed by atoms with Crippen LogP contribution in [0.4, 0.5) is 17.1 Å². The summed E-state index contributed by atoms with van der Waals surface area (Å²) in [7, 11) is 0. The maximum atomic E-state index is 11.2. The molecule has 162 valence electrons. The van der Waals surface area contributed by atoms with Gasteiger partial charge in [-0.05, 0) is 20.3 Å². The third-order valence-corrected chi connectivity index (χ3v) is 5.66. The van der Waals surface area contributed by atoms with Crippen LogP contribution in [0.3, 0.4) is 0 Å². The van der Waals surface area contributed by atoms with Gasteiger partial charge < -0.3 is 10.2 Å². The van der Waals surface area contributed by atoms with Crippen LogP contribution in [0.2, 0.25) is 0 Å². The summed E-state index contributed by atoms with van der Waals surface area (Å²) in [5.74, 6) is -1.53. The third kappa shape index (κ3) is 4.09. The number of non-ortho nitro benzene ring substituents is 1. The predicted octanol–water partition coefficient (Wildman–Crippen LogP) is 3.69. The maximum Gasteiger partial charge on any atom is 0.317 e. The Hall–Kier alpha value is -3.82. The average Bonchev–Trinajstić information content (AvgIpc) is 2.91. The molecular weight excluding hydrogens is 406 g/mol. The number of carbonyl (C=O) groups is 1. The first-order valence-corrected chi connectivity index (χ1v) is 9.64. The summed E-state index contributed by atoms with van der Waals surface area (Å²) < 4.78 is 1.92. The van der Waals surface area contributed by atoms with E-state index < -0.39 is 38.4 Å². The minimum atomic E-state index is -0.937. The monoisotopic (exact) mass is 428 g/mol. The zero-order chi connectivity index (χ0) is 22.9. The molecule has 0 bridgehead atoms. The Kier molecular flexibility index (Phi) is 5.74. The maximum absolute atomic E-state index is 11.2. The minimum absolute atomic E-state index is 0.0819. The van der Waals surface area contributed by atoms with Crippen molar-refractivity contribution in [3.8, 4) is 5.75 Å². The summed E-state index contributed by atoms with van der Waals surface area (Å²) in [5.41, 5.74) is 1.24. The fourth-order valence-corrected chi connectivity index (χ4v) is 4.14. The molecule has 0 radical (unpaired) electrons. The van der Waals surface area contributed by atoms with Gasteiger partial charge in [-0.15, -0.1) is 0 Å². The number of phenols is 1. The molecule has 10 nitrogen and oxygen atoms in total. The molecule has 3 rings (SSSR count). The Bertz CT molecular complexity index is 1120. The van der Waals surface area contributed by atoms with Crippen molar-refractivity contribution in [2.45, 2.75) is 38.5 Å². The molecule has 0 aromatic heterocycles. The molecule has 2 N–H and O–H groups in total. The van der Waals surface area contributed by atoms with Gasteiger partial charge in [-0.25, -0.2) is 0 Å². The van der Waals surface area contributed by atoms with Crippen LogP contribution >= 0.6 is 0 Å². The number of aliphatic carboxylic acids is 1. The molecule has 0 saturated carbocycles. The lowest BCUT2D eigenvalue weighted by Gasteiger charge is -2.18. The van der Waals surface area contributed by atoms with E-state index >= 15 is 0 Å². The quantitative estimate of drug-likeness (QED) is 0.370. The number of para-hydroxylation sites is 1. The molecule has 2 aromatic rings. The van der Waals surface area contributed by atoms with Gasteiger partial charge in [-0.2, -0.15) is 4.58 Å². The lowest BCUT2D eigenvalue weighted by Crippen LogP contribution is -2.30. The lowest BCUT2D eigenvalue weighted by molar-refractivity contribution is -0.438. The second-order valence-corrected chi connectivity index (χ2v) is 7.87. The Morgan fingerprint density at radius 1 is 1.10 bits per heavy atom. The number of aryl methyl sites for hydroxylation is 1. The normalized spacial score (nSPS) is 14.4. The fourth-order valence-electron chi connectivity index (χ4n) is 4.14. The van der Waals surface area contributed by atoms with Crippen molar-refractivity contribution in [2.75, 3.05) is 6.54 Å². The second kappa shape index (κ2) is 8.13. The number of carboxylic acids is 1. The van der Waals surface area contributed by atoms with Crippen molar-refractivity contribution in [2.24, 2.45) is 0 Å². The average molecular weight is 428 g/mol. The summed E-state index contributed by atoms with van der Waals surface area (Å²) >= 11 is 0. The van der Waals surface area contributed by atoms with Crippen molar-refractivity contribution in [1.82, 2.24) is 0 Å². The van der Waals surface area contributed by atoms with Gasteiger partial charge in [-0.1, -0.05) is 18.2 Å². The molecule has 0 aliphatic carbocycles. The molecule has 31 heavy (non-hydrogen) atoms. The Labute approximate surface area is 177 Å². The third-order valence-electron chi connectivity index (χ3n) is 5.66. The summed E-state index contributed by atoms with van der Waals surface area (Å²) in [6.45, 7) is 4.24. The molecule has 2 aromatic carbocycles. The SMILES string of the molecule is CC1(C)C(CCc2cc([N+](=O)[O-])cc([N+](=O)[O-])c2O)=[N+](CCC(=O)O)c2ccccc21.